The monoisotopic (exact) mass is 424 g/mol. The molecule has 1 aliphatic rings. The number of carbonyl (C=O) groups excluding carboxylic acids is 1. The molecular weight excluding hydrogens is 401 g/mol. The number of carbonyl (C=O) groups is 1. The Hall–Kier alpha value is -2.05. The van der Waals surface area contributed by atoms with E-state index >= 15 is 0 Å². The summed E-state index contributed by atoms with van der Waals surface area (Å²) in [5, 5.41) is 5.88. The van der Waals surface area contributed by atoms with Crippen molar-refractivity contribution in [2.45, 2.75) is 44.4 Å². The number of halogens is 4. The van der Waals surface area contributed by atoms with Crippen molar-refractivity contribution >= 4 is 17.5 Å². The van der Waals surface area contributed by atoms with Gasteiger partial charge in [0, 0.05) is 5.54 Å². The molecule has 7 heteroatoms. The SMILES string of the molecule is CC1CCC(C)([C@H](NC(=O)c2cccc(C(F)(F)F)c2Cl)c2ccccc2)NC1. The molecule has 3 rings (SSSR count). The minimum Gasteiger partial charge on any atom is -0.343 e. The summed E-state index contributed by atoms with van der Waals surface area (Å²) in [6.45, 7) is 5.00. The largest absolute Gasteiger partial charge is 0.417 e. The van der Waals surface area contributed by atoms with E-state index < -0.39 is 34.3 Å². The number of amides is 1. The van der Waals surface area contributed by atoms with Crippen LogP contribution < -0.4 is 10.6 Å². The van der Waals surface area contributed by atoms with Crippen LogP contribution in [0, 0.1) is 5.92 Å². The van der Waals surface area contributed by atoms with E-state index in [1.54, 1.807) is 0 Å². The zero-order valence-corrected chi connectivity index (χ0v) is 17.1. The van der Waals surface area contributed by atoms with Gasteiger partial charge in [-0.15, -0.1) is 0 Å². The summed E-state index contributed by atoms with van der Waals surface area (Å²) in [5.74, 6) is -0.107. The lowest BCUT2D eigenvalue weighted by molar-refractivity contribution is -0.137. The summed E-state index contributed by atoms with van der Waals surface area (Å²) in [7, 11) is 0. The summed E-state index contributed by atoms with van der Waals surface area (Å²) >= 11 is 5.96. The van der Waals surface area contributed by atoms with Gasteiger partial charge in [0.05, 0.1) is 22.2 Å². The van der Waals surface area contributed by atoms with Gasteiger partial charge in [0.25, 0.3) is 5.91 Å². The van der Waals surface area contributed by atoms with Crippen LogP contribution in [-0.2, 0) is 6.18 Å². The Morgan fingerprint density at radius 2 is 1.90 bits per heavy atom. The molecule has 0 aromatic heterocycles. The fourth-order valence-corrected chi connectivity index (χ4v) is 4.10. The third-order valence-electron chi connectivity index (χ3n) is 5.61. The van der Waals surface area contributed by atoms with E-state index in [1.165, 1.54) is 12.1 Å². The number of nitrogens with one attached hydrogen (secondary N) is 2. The highest BCUT2D eigenvalue weighted by Gasteiger charge is 2.40. The molecule has 156 valence electrons. The molecule has 2 aromatic carbocycles. The minimum atomic E-state index is -4.63. The molecule has 2 aromatic rings. The summed E-state index contributed by atoms with van der Waals surface area (Å²) in [6, 6.07) is 12.4. The van der Waals surface area contributed by atoms with Crippen molar-refractivity contribution in [3.63, 3.8) is 0 Å². The average Bonchev–Trinajstić information content (AvgIpc) is 2.68. The van der Waals surface area contributed by atoms with Gasteiger partial charge in [0.2, 0.25) is 0 Å². The van der Waals surface area contributed by atoms with Gasteiger partial charge in [0.15, 0.2) is 0 Å². The molecule has 0 bridgehead atoms. The predicted octanol–water partition coefficient (Wildman–Crippen LogP) is 5.61. The Morgan fingerprint density at radius 3 is 2.48 bits per heavy atom. The van der Waals surface area contributed by atoms with Crippen LogP contribution in [0.2, 0.25) is 5.02 Å². The van der Waals surface area contributed by atoms with Crippen LogP contribution >= 0.6 is 11.6 Å². The van der Waals surface area contributed by atoms with Crippen molar-refractivity contribution in [2.24, 2.45) is 5.92 Å². The number of piperidine rings is 1. The van der Waals surface area contributed by atoms with E-state index in [4.69, 9.17) is 11.6 Å². The molecule has 3 atom stereocenters. The summed E-state index contributed by atoms with van der Waals surface area (Å²) in [4.78, 5) is 13.0. The van der Waals surface area contributed by atoms with Gasteiger partial charge in [0.1, 0.15) is 0 Å². The van der Waals surface area contributed by atoms with Crippen molar-refractivity contribution in [3.8, 4) is 0 Å². The molecule has 0 saturated carbocycles. The van der Waals surface area contributed by atoms with Gasteiger partial charge in [-0.3, -0.25) is 4.79 Å². The van der Waals surface area contributed by atoms with Crippen molar-refractivity contribution in [3.05, 3.63) is 70.2 Å². The highest BCUT2D eigenvalue weighted by molar-refractivity contribution is 6.34. The molecule has 0 radical (unpaired) electrons. The average molecular weight is 425 g/mol. The highest BCUT2D eigenvalue weighted by Crippen LogP contribution is 2.38. The molecule has 29 heavy (non-hydrogen) atoms. The van der Waals surface area contributed by atoms with Gasteiger partial charge >= 0.3 is 6.18 Å². The topological polar surface area (TPSA) is 41.1 Å². The van der Waals surface area contributed by atoms with Gasteiger partial charge in [-0.1, -0.05) is 54.9 Å². The normalized spacial score (nSPS) is 23.4. The zero-order chi connectivity index (χ0) is 21.2. The third-order valence-corrected chi connectivity index (χ3v) is 6.01. The first kappa shape index (κ1) is 21.7. The molecule has 0 aliphatic carbocycles. The van der Waals surface area contributed by atoms with Gasteiger partial charge in [-0.25, -0.2) is 0 Å². The van der Waals surface area contributed by atoms with E-state index in [9.17, 15) is 18.0 Å². The fraction of sp³-hybridized carbons (Fsp3) is 0.409. The number of benzene rings is 2. The maximum Gasteiger partial charge on any atom is 0.417 e. The van der Waals surface area contributed by atoms with Crippen LogP contribution in [0.25, 0.3) is 0 Å². The second kappa shape index (κ2) is 8.36. The predicted molar refractivity (Wildman–Crippen MR) is 108 cm³/mol. The lowest BCUT2D eigenvalue weighted by Crippen LogP contribution is -2.57. The lowest BCUT2D eigenvalue weighted by atomic mass is 9.78. The van der Waals surface area contributed by atoms with Gasteiger partial charge in [-0.05, 0) is 49.9 Å². The molecule has 1 amide bonds. The smallest absolute Gasteiger partial charge is 0.343 e. The molecule has 0 spiro atoms. The first-order valence-corrected chi connectivity index (χ1v) is 9.96. The Labute approximate surface area is 173 Å². The fourth-order valence-electron chi connectivity index (χ4n) is 3.78. The maximum atomic E-state index is 13.2. The molecule has 1 saturated heterocycles. The molecule has 3 nitrogen and oxygen atoms in total. The Bertz CT molecular complexity index is 862. The van der Waals surface area contributed by atoms with E-state index in [1.807, 2.05) is 37.3 Å². The first-order valence-electron chi connectivity index (χ1n) is 9.58. The molecule has 1 aliphatic heterocycles. The van der Waals surface area contributed by atoms with Crippen molar-refractivity contribution in [1.29, 1.82) is 0 Å². The van der Waals surface area contributed by atoms with Crippen LogP contribution in [-0.4, -0.2) is 18.0 Å². The van der Waals surface area contributed by atoms with E-state index in [0.29, 0.717) is 5.92 Å². The highest BCUT2D eigenvalue weighted by atomic mass is 35.5. The van der Waals surface area contributed by atoms with Crippen LogP contribution in [0.1, 0.15) is 54.2 Å². The molecular formula is C22H24ClF3N2O. The van der Waals surface area contributed by atoms with Crippen LogP contribution in [0.3, 0.4) is 0 Å². The van der Waals surface area contributed by atoms with Crippen molar-refractivity contribution in [2.75, 3.05) is 6.54 Å². The van der Waals surface area contributed by atoms with Crippen molar-refractivity contribution < 1.29 is 18.0 Å². The third kappa shape index (κ3) is 4.75. The number of rotatable bonds is 4. The van der Waals surface area contributed by atoms with Crippen LogP contribution in [0.4, 0.5) is 13.2 Å². The molecule has 2 N–H and O–H groups in total. The van der Waals surface area contributed by atoms with E-state index in [0.717, 1.165) is 31.0 Å². The quantitative estimate of drug-likeness (QED) is 0.670. The second-order valence-electron chi connectivity index (χ2n) is 7.92. The maximum absolute atomic E-state index is 13.2. The first-order chi connectivity index (χ1) is 13.6. The number of hydrogen-bond donors (Lipinski definition) is 2. The standard InChI is InChI=1S/C22H24ClF3N2O/c1-14-11-12-21(2,27-13-14)19(15-7-4-3-5-8-15)28-20(29)16-9-6-10-17(18(16)23)22(24,25)26/h3-10,14,19,27H,11-13H2,1-2H3,(H,28,29)/t14?,19-,21?/m1/s1. The van der Waals surface area contributed by atoms with Gasteiger partial charge < -0.3 is 10.6 Å². The van der Waals surface area contributed by atoms with Crippen LogP contribution in [0.5, 0.6) is 0 Å². The Balaban J connectivity index is 1.94. The molecule has 1 heterocycles. The summed E-state index contributed by atoms with van der Waals surface area (Å²) in [5.41, 5.74) is -0.750. The molecule has 1 fully saturated rings. The minimum absolute atomic E-state index is 0.185. The van der Waals surface area contributed by atoms with Gasteiger partial charge in [-0.2, -0.15) is 13.2 Å². The lowest BCUT2D eigenvalue weighted by Gasteiger charge is -2.44. The second-order valence-corrected chi connectivity index (χ2v) is 8.30. The summed E-state index contributed by atoms with van der Waals surface area (Å²) in [6.07, 6.45) is -2.81. The van der Waals surface area contributed by atoms with E-state index in [-0.39, 0.29) is 5.56 Å². The van der Waals surface area contributed by atoms with E-state index in [2.05, 4.69) is 17.6 Å². The molecule has 2 unspecified atom stereocenters. The van der Waals surface area contributed by atoms with Crippen molar-refractivity contribution in [1.82, 2.24) is 10.6 Å². The Morgan fingerprint density at radius 1 is 1.21 bits per heavy atom. The zero-order valence-electron chi connectivity index (χ0n) is 16.3. The number of alkyl halides is 3. The number of hydrogen-bond acceptors (Lipinski definition) is 2. The summed E-state index contributed by atoms with van der Waals surface area (Å²) < 4.78 is 39.5. The van der Waals surface area contributed by atoms with Crippen LogP contribution in [0.15, 0.2) is 48.5 Å². The Kier molecular flexibility index (Phi) is 6.24.